The van der Waals surface area contributed by atoms with E-state index >= 15 is 0 Å². The van der Waals surface area contributed by atoms with Crippen molar-refractivity contribution in [2.24, 2.45) is 0 Å². The predicted octanol–water partition coefficient (Wildman–Crippen LogP) is 3.77. The Morgan fingerprint density at radius 1 is 1.12 bits per heavy atom. The molecule has 2 heterocycles. The number of non-ortho nitro benzene ring substituents is 1. The van der Waals surface area contributed by atoms with Gasteiger partial charge in [0.25, 0.3) is 5.69 Å². The van der Waals surface area contributed by atoms with Crippen LogP contribution in [0.4, 0.5) is 5.69 Å². The Morgan fingerprint density at radius 2 is 1.88 bits per heavy atom. The van der Waals surface area contributed by atoms with Gasteiger partial charge in [-0.1, -0.05) is 18.2 Å². The summed E-state index contributed by atoms with van der Waals surface area (Å²) >= 11 is -1.00. The molecule has 0 N–H and O–H groups in total. The lowest BCUT2D eigenvalue weighted by atomic mass is 10.1. The molecule has 166 valence electrons. The second-order valence-corrected chi connectivity index (χ2v) is 9.24. The molecular weight excluding hydrogens is 432 g/mol. The molecule has 2 aromatic carbocycles. The zero-order valence-corrected chi connectivity index (χ0v) is 18.3. The van der Waals surface area contributed by atoms with Crippen molar-refractivity contribution in [3.8, 4) is 5.75 Å². The minimum Gasteiger partial charge on any atom is -0.611 e. The Morgan fingerprint density at radius 3 is 2.56 bits per heavy atom. The average molecular weight is 455 g/mol. The third-order valence-electron chi connectivity index (χ3n) is 5.26. The fourth-order valence-corrected chi connectivity index (χ4v) is 4.36. The number of hydrogen-bond donors (Lipinski definition) is 0. The van der Waals surface area contributed by atoms with E-state index in [1.807, 2.05) is 19.1 Å². The third-order valence-corrected chi connectivity index (χ3v) is 6.59. The largest absolute Gasteiger partial charge is 0.611 e. The Hall–Kier alpha value is -3.14. The van der Waals surface area contributed by atoms with Crippen molar-refractivity contribution in [1.29, 1.82) is 0 Å². The molecule has 1 aromatic heterocycles. The van der Waals surface area contributed by atoms with Gasteiger partial charge in [-0.15, -0.1) is 0 Å². The lowest BCUT2D eigenvalue weighted by molar-refractivity contribution is -0.384. The van der Waals surface area contributed by atoms with Gasteiger partial charge >= 0.3 is 0 Å². The van der Waals surface area contributed by atoms with E-state index in [-0.39, 0.29) is 23.5 Å². The number of hydrogen-bond acceptors (Lipinski definition) is 7. The standard InChI is InChI=1S/C23H22N2O6S/c1-2-32(29)21-7-3-16(4-8-21)14-31-23-15-30-20(10-22(23)26)13-24-11-17-5-6-19(25(27)28)9-18(17)12-24/h3-10,15H,2,11-14H2,1H3. The second-order valence-electron chi connectivity index (χ2n) is 7.50. The van der Waals surface area contributed by atoms with E-state index < -0.39 is 16.1 Å². The molecule has 9 heteroatoms. The van der Waals surface area contributed by atoms with Crippen LogP contribution in [0.5, 0.6) is 5.75 Å². The van der Waals surface area contributed by atoms with Crippen LogP contribution < -0.4 is 10.2 Å². The van der Waals surface area contributed by atoms with Crippen LogP contribution in [0.3, 0.4) is 0 Å². The molecule has 0 bridgehead atoms. The Kier molecular flexibility index (Phi) is 6.59. The van der Waals surface area contributed by atoms with E-state index in [0.29, 0.717) is 31.1 Å². The van der Waals surface area contributed by atoms with Crippen molar-refractivity contribution in [2.75, 3.05) is 5.75 Å². The maximum Gasteiger partial charge on any atom is 0.269 e. The second kappa shape index (κ2) is 9.56. The van der Waals surface area contributed by atoms with Crippen LogP contribution in [0.15, 0.2) is 68.9 Å². The summed E-state index contributed by atoms with van der Waals surface area (Å²) in [5.41, 5.74) is 2.60. The zero-order valence-electron chi connectivity index (χ0n) is 17.5. The highest BCUT2D eigenvalue weighted by molar-refractivity contribution is 7.91. The van der Waals surface area contributed by atoms with Gasteiger partial charge in [0, 0.05) is 31.3 Å². The highest BCUT2D eigenvalue weighted by Crippen LogP contribution is 2.27. The average Bonchev–Trinajstić information content (AvgIpc) is 3.19. The molecule has 1 aliphatic rings. The number of benzene rings is 2. The third kappa shape index (κ3) is 5.01. The lowest BCUT2D eigenvalue weighted by Gasteiger charge is -2.14. The summed E-state index contributed by atoms with van der Waals surface area (Å²) in [7, 11) is 0. The van der Waals surface area contributed by atoms with E-state index in [2.05, 4.69) is 4.90 Å². The maximum absolute atomic E-state index is 12.4. The molecule has 0 aliphatic carbocycles. The number of ether oxygens (including phenoxy) is 1. The maximum atomic E-state index is 12.4. The Balaban J connectivity index is 1.35. The molecule has 0 radical (unpaired) electrons. The molecule has 0 amide bonds. The smallest absolute Gasteiger partial charge is 0.269 e. The van der Waals surface area contributed by atoms with E-state index in [1.54, 1.807) is 24.3 Å². The minimum atomic E-state index is -1.00. The first-order valence-corrected chi connectivity index (χ1v) is 11.4. The highest BCUT2D eigenvalue weighted by atomic mass is 32.2. The molecule has 0 spiro atoms. The SMILES string of the molecule is CC[S+]([O-])c1ccc(COc2coc(CN3Cc4ccc([N+](=O)[O-])cc4C3)cc2=O)cc1. The van der Waals surface area contributed by atoms with E-state index in [0.717, 1.165) is 21.6 Å². The molecule has 0 saturated heterocycles. The van der Waals surface area contributed by atoms with Gasteiger partial charge in [0.05, 0.1) is 11.5 Å². The zero-order chi connectivity index (χ0) is 22.7. The van der Waals surface area contributed by atoms with Crippen LogP contribution in [0.25, 0.3) is 0 Å². The normalized spacial score (nSPS) is 14.2. The summed E-state index contributed by atoms with van der Waals surface area (Å²) in [5, 5.41) is 11.0. The topological polar surface area (TPSA) is 109 Å². The summed E-state index contributed by atoms with van der Waals surface area (Å²) in [6.45, 7) is 3.66. The van der Waals surface area contributed by atoms with E-state index in [1.165, 1.54) is 18.4 Å². The molecule has 4 rings (SSSR count). The van der Waals surface area contributed by atoms with E-state index in [4.69, 9.17) is 9.15 Å². The number of nitro benzene ring substituents is 1. The van der Waals surface area contributed by atoms with E-state index in [9.17, 15) is 19.5 Å². The molecule has 1 unspecified atom stereocenters. The Bertz CT molecular complexity index is 1180. The van der Waals surface area contributed by atoms with Gasteiger partial charge < -0.3 is 13.7 Å². The van der Waals surface area contributed by atoms with Crippen molar-refractivity contribution in [3.05, 3.63) is 97.6 Å². The molecule has 32 heavy (non-hydrogen) atoms. The summed E-state index contributed by atoms with van der Waals surface area (Å²) in [4.78, 5) is 25.8. The fraction of sp³-hybridized carbons (Fsp3) is 0.261. The lowest BCUT2D eigenvalue weighted by Crippen LogP contribution is -2.17. The van der Waals surface area contributed by atoms with Crippen LogP contribution in [0.1, 0.15) is 29.4 Å². The van der Waals surface area contributed by atoms with Crippen molar-refractivity contribution in [1.82, 2.24) is 4.90 Å². The monoisotopic (exact) mass is 454 g/mol. The number of nitro groups is 1. The quantitative estimate of drug-likeness (QED) is 0.289. The van der Waals surface area contributed by atoms with Gasteiger partial charge in [0.15, 0.2) is 4.90 Å². The predicted molar refractivity (Wildman–Crippen MR) is 119 cm³/mol. The molecule has 1 aliphatic heterocycles. The van der Waals surface area contributed by atoms with Gasteiger partial charge in [0.2, 0.25) is 11.2 Å². The fourth-order valence-electron chi connectivity index (χ4n) is 3.59. The number of fused-ring (bicyclic) bond motifs is 1. The summed E-state index contributed by atoms with van der Waals surface area (Å²) < 4.78 is 23.0. The summed E-state index contributed by atoms with van der Waals surface area (Å²) in [5.74, 6) is 1.18. The van der Waals surface area contributed by atoms with Crippen molar-refractivity contribution < 1.29 is 18.6 Å². The molecule has 0 fully saturated rings. The van der Waals surface area contributed by atoms with Crippen molar-refractivity contribution in [2.45, 2.75) is 38.1 Å². The van der Waals surface area contributed by atoms with Crippen molar-refractivity contribution >= 4 is 16.9 Å². The van der Waals surface area contributed by atoms with Gasteiger partial charge in [-0.25, -0.2) is 0 Å². The first-order valence-electron chi connectivity index (χ1n) is 10.1. The van der Waals surface area contributed by atoms with Gasteiger partial charge in [-0.05, 0) is 46.9 Å². The molecule has 1 atom stereocenters. The molecule has 3 aromatic rings. The minimum absolute atomic E-state index is 0.0758. The number of nitrogens with zero attached hydrogens (tertiary/aromatic N) is 2. The Labute approximate surface area is 187 Å². The van der Waals surface area contributed by atoms with Gasteiger partial charge in [-0.2, -0.15) is 0 Å². The van der Waals surface area contributed by atoms with Crippen molar-refractivity contribution in [3.63, 3.8) is 0 Å². The van der Waals surface area contributed by atoms with Crippen LogP contribution >= 0.6 is 0 Å². The molecule has 8 nitrogen and oxygen atoms in total. The van der Waals surface area contributed by atoms with Crippen LogP contribution in [-0.4, -0.2) is 20.1 Å². The van der Waals surface area contributed by atoms with Crippen LogP contribution in [0, 0.1) is 10.1 Å². The first-order chi connectivity index (χ1) is 15.4. The van der Waals surface area contributed by atoms with Crippen LogP contribution in [0.2, 0.25) is 0 Å². The van der Waals surface area contributed by atoms with Crippen LogP contribution in [-0.2, 0) is 37.4 Å². The molecule has 0 saturated carbocycles. The van der Waals surface area contributed by atoms with Gasteiger partial charge in [-0.3, -0.25) is 19.8 Å². The number of rotatable bonds is 8. The van der Waals surface area contributed by atoms with Gasteiger partial charge in [0.1, 0.15) is 24.4 Å². The molecular formula is C23H22N2O6S. The summed E-state index contributed by atoms with van der Waals surface area (Å²) in [6, 6.07) is 13.5. The highest BCUT2D eigenvalue weighted by Gasteiger charge is 2.22. The summed E-state index contributed by atoms with van der Waals surface area (Å²) in [6.07, 6.45) is 1.31. The first kappa shape index (κ1) is 22.1.